The van der Waals surface area contributed by atoms with Crippen molar-refractivity contribution < 1.29 is 19.1 Å². The second-order valence-electron chi connectivity index (χ2n) is 8.62. The van der Waals surface area contributed by atoms with Crippen molar-refractivity contribution >= 4 is 46.4 Å². The molecule has 3 aromatic rings. The molecule has 0 atom stereocenters. The number of carbonyl (C=O) groups excluding carboxylic acids is 2. The third kappa shape index (κ3) is 6.48. The molecule has 0 aliphatic carbocycles. The van der Waals surface area contributed by atoms with Gasteiger partial charge in [0, 0.05) is 42.5 Å². The molecule has 7 nitrogen and oxygen atoms in total. The van der Waals surface area contributed by atoms with Crippen molar-refractivity contribution in [3.05, 3.63) is 81.8 Å². The van der Waals surface area contributed by atoms with Crippen molar-refractivity contribution in [2.75, 3.05) is 50.1 Å². The molecule has 194 valence electrons. The summed E-state index contributed by atoms with van der Waals surface area (Å²) in [4.78, 5) is 29.7. The lowest BCUT2D eigenvalue weighted by Gasteiger charge is -2.36. The van der Waals surface area contributed by atoms with Crippen molar-refractivity contribution in [2.45, 2.75) is 13.3 Å². The van der Waals surface area contributed by atoms with Gasteiger partial charge < -0.3 is 24.6 Å². The standard InChI is InChI=1S/C28H29Cl2N3O4/c1-3-16-37-22-8-4-19(5-9-22)28(35)33-14-12-32(13-15-33)25-10-7-21(18-24(25)30)31-27(34)23-17-20(29)6-11-26(23)36-2/h4-11,17-18H,3,12-16H2,1-2H3,(H,31,34). The Morgan fingerprint density at radius 1 is 0.946 bits per heavy atom. The van der Waals surface area contributed by atoms with Crippen LogP contribution in [0.1, 0.15) is 34.1 Å². The van der Waals surface area contributed by atoms with E-state index in [9.17, 15) is 9.59 Å². The summed E-state index contributed by atoms with van der Waals surface area (Å²) < 4.78 is 10.9. The van der Waals surface area contributed by atoms with Crippen LogP contribution in [-0.2, 0) is 0 Å². The van der Waals surface area contributed by atoms with Gasteiger partial charge in [-0.05, 0) is 67.1 Å². The third-order valence-electron chi connectivity index (χ3n) is 6.09. The molecule has 1 aliphatic rings. The third-order valence-corrected chi connectivity index (χ3v) is 6.63. The highest BCUT2D eigenvalue weighted by atomic mass is 35.5. The maximum atomic E-state index is 12.9. The van der Waals surface area contributed by atoms with E-state index in [-0.39, 0.29) is 11.8 Å². The first kappa shape index (κ1) is 26.6. The highest BCUT2D eigenvalue weighted by Gasteiger charge is 2.24. The molecule has 9 heteroatoms. The smallest absolute Gasteiger partial charge is 0.259 e. The molecule has 0 spiro atoms. The van der Waals surface area contributed by atoms with Gasteiger partial charge in [0.2, 0.25) is 0 Å². The predicted molar refractivity (Wildman–Crippen MR) is 148 cm³/mol. The molecular weight excluding hydrogens is 513 g/mol. The average Bonchev–Trinajstić information content (AvgIpc) is 2.92. The molecule has 0 aromatic heterocycles. The van der Waals surface area contributed by atoms with Gasteiger partial charge >= 0.3 is 0 Å². The van der Waals surface area contributed by atoms with Crippen LogP contribution >= 0.6 is 23.2 Å². The predicted octanol–water partition coefficient (Wildman–Crippen LogP) is 6.01. The van der Waals surface area contributed by atoms with E-state index in [1.54, 1.807) is 30.3 Å². The summed E-state index contributed by atoms with van der Waals surface area (Å²) in [7, 11) is 1.50. The molecule has 2 amide bonds. The summed E-state index contributed by atoms with van der Waals surface area (Å²) in [6.07, 6.45) is 0.935. The Kier molecular flexibility index (Phi) is 8.79. The first-order valence-corrected chi connectivity index (χ1v) is 12.9. The van der Waals surface area contributed by atoms with Crippen LogP contribution in [0.2, 0.25) is 10.0 Å². The quantitative estimate of drug-likeness (QED) is 0.378. The second-order valence-corrected chi connectivity index (χ2v) is 9.46. The largest absolute Gasteiger partial charge is 0.496 e. The summed E-state index contributed by atoms with van der Waals surface area (Å²) in [6.45, 7) is 5.16. The summed E-state index contributed by atoms with van der Waals surface area (Å²) in [5, 5.41) is 3.80. The van der Waals surface area contributed by atoms with Gasteiger partial charge in [-0.15, -0.1) is 0 Å². The molecule has 0 saturated carbocycles. The fraction of sp³-hybridized carbons (Fsp3) is 0.286. The number of nitrogens with zero attached hydrogens (tertiary/aromatic N) is 2. The Labute approximate surface area is 226 Å². The number of ether oxygens (including phenoxy) is 2. The van der Waals surface area contributed by atoms with Crippen LogP contribution in [0.5, 0.6) is 11.5 Å². The van der Waals surface area contributed by atoms with Gasteiger partial charge in [-0.2, -0.15) is 0 Å². The minimum atomic E-state index is -0.347. The SMILES string of the molecule is CCCOc1ccc(C(=O)N2CCN(c3ccc(NC(=O)c4cc(Cl)ccc4OC)cc3Cl)CC2)cc1. The van der Waals surface area contributed by atoms with Crippen molar-refractivity contribution in [3.63, 3.8) is 0 Å². The van der Waals surface area contributed by atoms with E-state index in [2.05, 4.69) is 17.1 Å². The lowest BCUT2D eigenvalue weighted by atomic mass is 10.1. The molecule has 1 saturated heterocycles. The number of hydrogen-bond acceptors (Lipinski definition) is 5. The van der Waals surface area contributed by atoms with Gasteiger partial charge in [-0.3, -0.25) is 9.59 Å². The zero-order valence-corrected chi connectivity index (χ0v) is 22.3. The van der Waals surface area contributed by atoms with Gasteiger partial charge in [0.15, 0.2) is 0 Å². The Morgan fingerprint density at radius 3 is 2.32 bits per heavy atom. The molecule has 1 N–H and O–H groups in total. The Morgan fingerprint density at radius 2 is 1.68 bits per heavy atom. The number of halogens is 2. The highest BCUT2D eigenvalue weighted by Crippen LogP contribution is 2.31. The molecule has 1 aliphatic heterocycles. The second kappa shape index (κ2) is 12.2. The average molecular weight is 542 g/mol. The molecular formula is C28H29Cl2N3O4. The molecule has 0 bridgehead atoms. The number of nitrogens with one attached hydrogen (secondary N) is 1. The number of carbonyl (C=O) groups is 2. The van der Waals surface area contributed by atoms with E-state index < -0.39 is 0 Å². The number of methoxy groups -OCH3 is 1. The molecule has 1 fully saturated rings. The van der Waals surface area contributed by atoms with Crippen molar-refractivity contribution in [2.24, 2.45) is 0 Å². The van der Waals surface area contributed by atoms with Gasteiger partial charge in [0.25, 0.3) is 11.8 Å². The molecule has 1 heterocycles. The summed E-state index contributed by atoms with van der Waals surface area (Å²) in [5.41, 5.74) is 2.39. The Balaban J connectivity index is 1.36. The zero-order valence-electron chi connectivity index (χ0n) is 20.8. The number of hydrogen-bond donors (Lipinski definition) is 1. The summed E-state index contributed by atoms with van der Waals surface area (Å²) in [6, 6.07) is 17.5. The van der Waals surface area contributed by atoms with E-state index in [1.165, 1.54) is 7.11 Å². The van der Waals surface area contributed by atoms with E-state index in [4.69, 9.17) is 32.7 Å². The number of piperazine rings is 1. The lowest BCUT2D eigenvalue weighted by molar-refractivity contribution is 0.0746. The fourth-order valence-corrected chi connectivity index (χ4v) is 4.62. The number of benzene rings is 3. The minimum Gasteiger partial charge on any atom is -0.496 e. The first-order valence-electron chi connectivity index (χ1n) is 12.1. The molecule has 3 aromatic carbocycles. The highest BCUT2D eigenvalue weighted by molar-refractivity contribution is 6.33. The van der Waals surface area contributed by atoms with Gasteiger partial charge in [0.1, 0.15) is 11.5 Å². The van der Waals surface area contributed by atoms with Gasteiger partial charge in [-0.1, -0.05) is 30.1 Å². The van der Waals surface area contributed by atoms with Crippen LogP contribution in [0.3, 0.4) is 0 Å². The zero-order chi connectivity index (χ0) is 26.4. The van der Waals surface area contributed by atoms with Gasteiger partial charge in [-0.25, -0.2) is 0 Å². The molecule has 37 heavy (non-hydrogen) atoms. The maximum absolute atomic E-state index is 12.9. The van der Waals surface area contributed by atoms with Crippen LogP contribution in [-0.4, -0.2) is 56.6 Å². The van der Waals surface area contributed by atoms with Crippen molar-refractivity contribution in [3.8, 4) is 11.5 Å². The van der Waals surface area contributed by atoms with Crippen molar-refractivity contribution in [1.82, 2.24) is 4.90 Å². The number of anilines is 2. The lowest BCUT2D eigenvalue weighted by Crippen LogP contribution is -2.48. The van der Waals surface area contributed by atoms with E-state index >= 15 is 0 Å². The minimum absolute atomic E-state index is 0.00212. The van der Waals surface area contributed by atoms with Crippen molar-refractivity contribution in [1.29, 1.82) is 0 Å². The van der Waals surface area contributed by atoms with E-state index in [1.807, 2.05) is 35.2 Å². The van der Waals surface area contributed by atoms with E-state index in [0.29, 0.717) is 65.4 Å². The molecule has 0 unspecified atom stereocenters. The number of amides is 2. The topological polar surface area (TPSA) is 71.1 Å². The normalized spacial score (nSPS) is 13.3. The summed E-state index contributed by atoms with van der Waals surface area (Å²) >= 11 is 12.6. The van der Waals surface area contributed by atoms with Crippen LogP contribution < -0.4 is 19.7 Å². The number of rotatable bonds is 8. The Hall–Kier alpha value is -3.42. The van der Waals surface area contributed by atoms with Crippen LogP contribution in [0.25, 0.3) is 0 Å². The van der Waals surface area contributed by atoms with Crippen LogP contribution in [0, 0.1) is 0 Å². The molecule has 0 radical (unpaired) electrons. The summed E-state index contributed by atoms with van der Waals surface area (Å²) in [5.74, 6) is 0.851. The molecule has 4 rings (SSSR count). The van der Waals surface area contributed by atoms with Gasteiger partial charge in [0.05, 0.1) is 30.0 Å². The van der Waals surface area contributed by atoms with Crippen LogP contribution in [0.4, 0.5) is 11.4 Å². The first-order chi connectivity index (χ1) is 17.9. The monoisotopic (exact) mass is 541 g/mol. The fourth-order valence-electron chi connectivity index (χ4n) is 4.14. The Bertz CT molecular complexity index is 1260. The van der Waals surface area contributed by atoms with E-state index in [0.717, 1.165) is 17.9 Å². The van der Waals surface area contributed by atoms with Crippen LogP contribution in [0.15, 0.2) is 60.7 Å². The maximum Gasteiger partial charge on any atom is 0.259 e.